The molecule has 0 heterocycles. The average molecular weight is 260 g/mol. The summed E-state index contributed by atoms with van der Waals surface area (Å²) in [6.07, 6.45) is 0. The number of rotatable bonds is 4. The van der Waals surface area contributed by atoms with Crippen molar-refractivity contribution >= 4 is 11.4 Å². The molecule has 0 radical (unpaired) electrons. The topological polar surface area (TPSA) is 52.2 Å². The monoisotopic (exact) mass is 260 g/mol. The minimum absolute atomic E-state index is 0.169. The summed E-state index contributed by atoms with van der Waals surface area (Å²) in [5.74, 6) is 0.169. The molecule has 0 saturated heterocycles. The Hall–Kier alpha value is -3.24. The molecule has 20 heavy (non-hydrogen) atoms. The fourth-order valence-corrected chi connectivity index (χ4v) is 1.61. The molecule has 0 spiro atoms. The number of para-hydroxylation sites is 2. The maximum Gasteiger partial charge on any atom is 0.262 e. The zero-order chi connectivity index (χ0) is 14.2. The summed E-state index contributed by atoms with van der Waals surface area (Å²) in [7, 11) is 0. The highest BCUT2D eigenvalue weighted by atomic mass is 15.1. The Morgan fingerprint density at radius 2 is 1.40 bits per heavy atom. The highest BCUT2D eigenvalue weighted by Crippen LogP contribution is 2.15. The summed E-state index contributed by atoms with van der Waals surface area (Å²) < 4.78 is 0. The molecule has 4 heteroatoms. The maximum atomic E-state index is 9.21. The van der Waals surface area contributed by atoms with Crippen molar-refractivity contribution in [1.82, 2.24) is 0 Å². The van der Waals surface area contributed by atoms with E-state index in [0.29, 0.717) is 0 Å². The molecule has 96 valence electrons. The number of nitrogens with zero attached hydrogens (tertiary/aromatic N) is 2. The van der Waals surface area contributed by atoms with Gasteiger partial charge in [0.2, 0.25) is 0 Å². The zero-order valence-corrected chi connectivity index (χ0v) is 10.7. The van der Waals surface area contributed by atoms with E-state index in [9.17, 15) is 5.26 Å². The van der Waals surface area contributed by atoms with Crippen molar-refractivity contribution in [1.29, 1.82) is 5.26 Å². The number of nitriles is 1. The third-order valence-electron chi connectivity index (χ3n) is 2.54. The van der Waals surface area contributed by atoms with Crippen LogP contribution in [0.2, 0.25) is 0 Å². The summed E-state index contributed by atoms with van der Waals surface area (Å²) in [5.41, 5.74) is 1.72. The van der Waals surface area contributed by atoms with E-state index in [-0.39, 0.29) is 11.5 Å². The number of hydrogen-bond donors (Lipinski definition) is 2. The van der Waals surface area contributed by atoms with Crippen LogP contribution in [0.1, 0.15) is 0 Å². The van der Waals surface area contributed by atoms with Crippen LogP contribution in [-0.4, -0.2) is 0 Å². The Balaban J connectivity index is 2.26. The molecule has 2 aromatic carbocycles. The summed E-state index contributed by atoms with van der Waals surface area (Å²) in [6.45, 7) is 7.22. The van der Waals surface area contributed by atoms with Gasteiger partial charge in [0.1, 0.15) is 17.5 Å². The molecule has 4 nitrogen and oxygen atoms in total. The van der Waals surface area contributed by atoms with Gasteiger partial charge in [0.15, 0.2) is 0 Å². The van der Waals surface area contributed by atoms with E-state index in [2.05, 4.69) is 15.5 Å². The van der Waals surface area contributed by atoms with Gasteiger partial charge in [-0.2, -0.15) is 5.26 Å². The van der Waals surface area contributed by atoms with Crippen LogP contribution in [0.5, 0.6) is 0 Å². The second-order valence-electron chi connectivity index (χ2n) is 3.93. The van der Waals surface area contributed by atoms with E-state index in [0.717, 1.165) is 11.4 Å². The number of allylic oxidation sites excluding steroid dienone is 1. The third kappa shape index (κ3) is 3.38. The second kappa shape index (κ2) is 6.63. The maximum absolute atomic E-state index is 9.21. The van der Waals surface area contributed by atoms with Gasteiger partial charge in [-0.15, -0.1) is 0 Å². The highest BCUT2D eigenvalue weighted by Gasteiger charge is 2.07. The molecule has 0 atom stereocenters. The van der Waals surface area contributed by atoms with Gasteiger partial charge < -0.3 is 15.5 Å². The van der Waals surface area contributed by atoms with Gasteiger partial charge in [0.25, 0.3) is 5.82 Å². The van der Waals surface area contributed by atoms with Crippen LogP contribution in [0, 0.1) is 17.9 Å². The highest BCUT2D eigenvalue weighted by molar-refractivity contribution is 5.58. The van der Waals surface area contributed by atoms with Crippen LogP contribution in [0.3, 0.4) is 0 Å². The van der Waals surface area contributed by atoms with Crippen molar-refractivity contribution in [2.24, 2.45) is 0 Å². The quantitative estimate of drug-likeness (QED) is 0.649. The molecular weight excluding hydrogens is 248 g/mol. The van der Waals surface area contributed by atoms with Crippen LogP contribution >= 0.6 is 0 Å². The van der Waals surface area contributed by atoms with Crippen LogP contribution in [0.4, 0.5) is 11.4 Å². The van der Waals surface area contributed by atoms with Crippen LogP contribution < -0.4 is 10.6 Å². The molecule has 0 aliphatic carbocycles. The summed E-state index contributed by atoms with van der Waals surface area (Å²) in [6, 6.07) is 20.6. The van der Waals surface area contributed by atoms with Crippen LogP contribution in [0.15, 0.2) is 72.2 Å². The van der Waals surface area contributed by atoms with E-state index in [4.69, 9.17) is 6.57 Å². The number of nitrogens with one attached hydrogen (secondary N) is 2. The van der Waals surface area contributed by atoms with Crippen molar-refractivity contribution in [3.63, 3.8) is 0 Å². The lowest BCUT2D eigenvalue weighted by Gasteiger charge is -2.08. The first-order valence-corrected chi connectivity index (χ1v) is 5.99. The largest absolute Gasteiger partial charge is 0.361 e. The minimum atomic E-state index is 0.169. The Morgan fingerprint density at radius 1 is 0.900 bits per heavy atom. The average Bonchev–Trinajstić information content (AvgIpc) is 2.52. The smallest absolute Gasteiger partial charge is 0.262 e. The Kier molecular flexibility index (Phi) is 4.37. The van der Waals surface area contributed by atoms with E-state index >= 15 is 0 Å². The van der Waals surface area contributed by atoms with Gasteiger partial charge in [0, 0.05) is 5.69 Å². The summed E-state index contributed by atoms with van der Waals surface area (Å²) >= 11 is 0. The molecule has 0 unspecified atom stereocenters. The van der Waals surface area contributed by atoms with Crippen molar-refractivity contribution in [3.8, 4) is 6.07 Å². The van der Waals surface area contributed by atoms with Crippen molar-refractivity contribution in [2.45, 2.75) is 0 Å². The Labute approximate surface area is 117 Å². The number of hydrogen-bond acceptors (Lipinski definition) is 3. The normalized spacial score (nSPS) is 10.7. The van der Waals surface area contributed by atoms with Crippen LogP contribution in [-0.2, 0) is 0 Å². The SMILES string of the molecule is [C-]#[N+]/C(Nc1ccccc1)=C(\C#N)Nc1ccccc1. The molecule has 0 bridgehead atoms. The number of benzene rings is 2. The summed E-state index contributed by atoms with van der Waals surface area (Å²) in [5, 5.41) is 15.1. The Bertz CT molecular complexity index is 614. The standard InChI is InChI=1S/C16H12N4/c1-18-16(20-14-10-6-3-7-11-14)15(12-17)19-13-8-4-2-5-9-13/h2-11,19-20H/b16-15-. The van der Waals surface area contributed by atoms with E-state index in [1.807, 2.05) is 66.7 Å². The van der Waals surface area contributed by atoms with Crippen molar-refractivity contribution in [3.05, 3.63) is 83.6 Å². The summed E-state index contributed by atoms with van der Waals surface area (Å²) in [4.78, 5) is 3.38. The molecule has 0 saturated carbocycles. The van der Waals surface area contributed by atoms with Crippen LogP contribution in [0.25, 0.3) is 4.85 Å². The fourth-order valence-electron chi connectivity index (χ4n) is 1.61. The lowest BCUT2D eigenvalue weighted by molar-refractivity contribution is 1.34. The Morgan fingerprint density at radius 3 is 1.85 bits per heavy atom. The lowest BCUT2D eigenvalue weighted by atomic mass is 10.3. The second-order valence-corrected chi connectivity index (χ2v) is 3.93. The molecule has 2 aromatic rings. The molecule has 0 fully saturated rings. The number of anilines is 2. The van der Waals surface area contributed by atoms with Crippen molar-refractivity contribution in [2.75, 3.05) is 10.6 Å². The van der Waals surface area contributed by atoms with E-state index in [1.165, 1.54) is 0 Å². The van der Waals surface area contributed by atoms with Gasteiger partial charge >= 0.3 is 0 Å². The first-order chi connectivity index (χ1) is 9.83. The van der Waals surface area contributed by atoms with Gasteiger partial charge in [-0.25, -0.2) is 0 Å². The van der Waals surface area contributed by atoms with Gasteiger partial charge in [-0.3, -0.25) is 0 Å². The molecule has 0 aromatic heterocycles. The predicted molar refractivity (Wildman–Crippen MR) is 79.4 cm³/mol. The van der Waals surface area contributed by atoms with E-state index in [1.54, 1.807) is 0 Å². The molecular formula is C16H12N4. The van der Waals surface area contributed by atoms with Crippen molar-refractivity contribution < 1.29 is 0 Å². The third-order valence-corrected chi connectivity index (χ3v) is 2.54. The van der Waals surface area contributed by atoms with Gasteiger partial charge in [0.05, 0.1) is 0 Å². The van der Waals surface area contributed by atoms with Gasteiger partial charge in [-0.05, 0) is 24.3 Å². The minimum Gasteiger partial charge on any atom is -0.361 e. The molecule has 2 N–H and O–H groups in total. The van der Waals surface area contributed by atoms with E-state index < -0.39 is 0 Å². The first kappa shape index (κ1) is 13.2. The van der Waals surface area contributed by atoms with Gasteiger partial charge in [-0.1, -0.05) is 43.0 Å². The predicted octanol–water partition coefficient (Wildman–Crippen LogP) is 3.82. The first-order valence-electron chi connectivity index (χ1n) is 5.99. The molecule has 0 amide bonds. The fraction of sp³-hybridized carbons (Fsp3) is 0. The zero-order valence-electron chi connectivity index (χ0n) is 10.7. The molecule has 2 rings (SSSR count). The molecule has 0 aliphatic rings. The lowest BCUT2D eigenvalue weighted by Crippen LogP contribution is -2.06. The molecule has 0 aliphatic heterocycles.